The minimum atomic E-state index is -0.208. The Balaban J connectivity index is 2.26. The topological polar surface area (TPSA) is 76.7 Å². The van der Waals surface area contributed by atoms with Gasteiger partial charge in [-0.2, -0.15) is 0 Å². The molecule has 0 unspecified atom stereocenters. The maximum absolute atomic E-state index is 11.5. The van der Waals surface area contributed by atoms with Crippen LogP contribution in [0.1, 0.15) is 12.5 Å². The Bertz CT molecular complexity index is 622. The summed E-state index contributed by atoms with van der Waals surface area (Å²) in [5, 5.41) is 7.69. The number of hydrogen-bond acceptors (Lipinski definition) is 4. The number of hydrogen-bond donors (Lipinski definition) is 2. The Kier molecular flexibility index (Phi) is 4.68. The molecule has 0 bridgehead atoms. The standard InChI is InChI=1S/C12H15ClN4OS/c1-2-17-11(18)15-16-12(17)19-10-4-3-8(5-6-14)7-9(10)13/h3-4,7H,2,5-6,14H2,1H3,(H,15,18). The maximum atomic E-state index is 11.5. The smallest absolute Gasteiger partial charge is 0.330 e. The van der Waals surface area contributed by atoms with E-state index < -0.39 is 0 Å². The first-order chi connectivity index (χ1) is 9.15. The molecule has 0 saturated carbocycles. The van der Waals surface area contributed by atoms with Gasteiger partial charge in [-0.05, 0) is 49.3 Å². The fourth-order valence-electron chi connectivity index (χ4n) is 1.71. The Morgan fingerprint density at radius 1 is 1.53 bits per heavy atom. The number of benzene rings is 1. The normalized spacial score (nSPS) is 10.9. The monoisotopic (exact) mass is 298 g/mol. The predicted molar refractivity (Wildman–Crippen MR) is 76.9 cm³/mol. The van der Waals surface area contributed by atoms with Gasteiger partial charge in [-0.3, -0.25) is 4.57 Å². The molecule has 7 heteroatoms. The van der Waals surface area contributed by atoms with Crippen molar-refractivity contribution in [3.8, 4) is 0 Å². The second-order valence-corrected chi connectivity index (χ2v) is 5.38. The van der Waals surface area contributed by atoms with Crippen molar-refractivity contribution in [2.24, 2.45) is 5.73 Å². The minimum absolute atomic E-state index is 0.208. The summed E-state index contributed by atoms with van der Waals surface area (Å²) in [6.45, 7) is 3.06. The molecule has 1 aromatic carbocycles. The summed E-state index contributed by atoms with van der Waals surface area (Å²) in [6, 6.07) is 5.82. The van der Waals surface area contributed by atoms with Crippen LogP contribution >= 0.6 is 23.4 Å². The third kappa shape index (κ3) is 3.20. The first-order valence-corrected chi connectivity index (χ1v) is 7.16. The predicted octanol–water partition coefficient (Wildman–Crippen LogP) is 1.90. The van der Waals surface area contributed by atoms with E-state index in [0.717, 1.165) is 16.9 Å². The van der Waals surface area contributed by atoms with Gasteiger partial charge < -0.3 is 5.73 Å². The highest BCUT2D eigenvalue weighted by Gasteiger charge is 2.11. The van der Waals surface area contributed by atoms with Gasteiger partial charge in [0.25, 0.3) is 0 Å². The number of aromatic nitrogens is 3. The van der Waals surface area contributed by atoms with Crippen molar-refractivity contribution in [1.82, 2.24) is 14.8 Å². The van der Waals surface area contributed by atoms with Crippen molar-refractivity contribution in [2.75, 3.05) is 6.54 Å². The first kappa shape index (κ1) is 14.2. The number of nitrogens with one attached hydrogen (secondary N) is 1. The van der Waals surface area contributed by atoms with E-state index >= 15 is 0 Å². The van der Waals surface area contributed by atoms with Gasteiger partial charge in [0.05, 0.1) is 5.02 Å². The van der Waals surface area contributed by atoms with Crippen LogP contribution in [0.5, 0.6) is 0 Å². The number of aromatic amines is 1. The summed E-state index contributed by atoms with van der Waals surface area (Å²) in [5.74, 6) is 0. The molecular weight excluding hydrogens is 284 g/mol. The number of nitrogens with two attached hydrogens (primary N) is 1. The van der Waals surface area contributed by atoms with Gasteiger partial charge in [-0.15, -0.1) is 5.10 Å². The molecule has 0 radical (unpaired) electrons. The van der Waals surface area contributed by atoms with Gasteiger partial charge in [0, 0.05) is 11.4 Å². The van der Waals surface area contributed by atoms with Crippen LogP contribution in [0, 0.1) is 0 Å². The summed E-state index contributed by atoms with van der Waals surface area (Å²) in [5.41, 5.74) is 6.41. The molecular formula is C12H15ClN4OS. The molecule has 0 saturated heterocycles. The van der Waals surface area contributed by atoms with Gasteiger partial charge >= 0.3 is 5.69 Å². The van der Waals surface area contributed by atoms with Crippen LogP contribution in [0.2, 0.25) is 5.02 Å². The van der Waals surface area contributed by atoms with Gasteiger partial charge in [0.2, 0.25) is 0 Å². The van der Waals surface area contributed by atoms with Crippen LogP contribution in [-0.2, 0) is 13.0 Å². The molecule has 0 amide bonds. The van der Waals surface area contributed by atoms with E-state index in [0.29, 0.717) is 23.3 Å². The fraction of sp³-hybridized carbons (Fsp3) is 0.333. The minimum Gasteiger partial charge on any atom is -0.330 e. The molecule has 0 spiro atoms. The van der Waals surface area contributed by atoms with Gasteiger partial charge in [0.15, 0.2) is 5.16 Å². The zero-order valence-corrected chi connectivity index (χ0v) is 12.1. The van der Waals surface area contributed by atoms with Crippen molar-refractivity contribution in [3.63, 3.8) is 0 Å². The van der Waals surface area contributed by atoms with E-state index in [9.17, 15) is 4.79 Å². The van der Waals surface area contributed by atoms with Gasteiger partial charge in [-0.1, -0.05) is 17.7 Å². The quantitative estimate of drug-likeness (QED) is 0.884. The molecule has 1 heterocycles. The van der Waals surface area contributed by atoms with E-state index in [1.165, 1.54) is 11.8 Å². The largest absolute Gasteiger partial charge is 0.343 e. The molecule has 3 N–H and O–H groups in total. The van der Waals surface area contributed by atoms with Crippen molar-refractivity contribution in [3.05, 3.63) is 39.3 Å². The molecule has 5 nitrogen and oxygen atoms in total. The number of nitrogens with zero attached hydrogens (tertiary/aromatic N) is 2. The van der Waals surface area contributed by atoms with E-state index in [2.05, 4.69) is 10.2 Å². The highest BCUT2D eigenvalue weighted by Crippen LogP contribution is 2.32. The van der Waals surface area contributed by atoms with E-state index in [1.807, 2.05) is 25.1 Å². The molecule has 102 valence electrons. The second kappa shape index (κ2) is 6.27. The molecule has 0 atom stereocenters. The summed E-state index contributed by atoms with van der Waals surface area (Å²) >= 11 is 7.60. The van der Waals surface area contributed by atoms with Crippen LogP contribution < -0.4 is 11.4 Å². The zero-order valence-electron chi connectivity index (χ0n) is 10.5. The zero-order chi connectivity index (χ0) is 13.8. The molecule has 0 aliphatic rings. The average Bonchev–Trinajstić information content (AvgIpc) is 2.73. The van der Waals surface area contributed by atoms with Crippen molar-refractivity contribution >= 4 is 23.4 Å². The molecule has 0 aliphatic carbocycles. The first-order valence-electron chi connectivity index (χ1n) is 5.97. The Morgan fingerprint density at radius 2 is 2.32 bits per heavy atom. The van der Waals surface area contributed by atoms with Gasteiger partial charge in [-0.25, -0.2) is 9.89 Å². The van der Waals surface area contributed by atoms with Crippen molar-refractivity contribution in [2.45, 2.75) is 29.9 Å². The lowest BCUT2D eigenvalue weighted by atomic mass is 10.1. The van der Waals surface area contributed by atoms with E-state index in [-0.39, 0.29) is 5.69 Å². The van der Waals surface area contributed by atoms with Crippen LogP contribution in [0.4, 0.5) is 0 Å². The van der Waals surface area contributed by atoms with Crippen molar-refractivity contribution < 1.29 is 0 Å². The highest BCUT2D eigenvalue weighted by molar-refractivity contribution is 7.99. The van der Waals surface area contributed by atoms with E-state index in [1.54, 1.807) is 4.57 Å². The highest BCUT2D eigenvalue weighted by atomic mass is 35.5. The lowest BCUT2D eigenvalue weighted by Gasteiger charge is -2.06. The lowest BCUT2D eigenvalue weighted by Crippen LogP contribution is -2.16. The molecule has 19 heavy (non-hydrogen) atoms. The Labute approximate surface area is 120 Å². The van der Waals surface area contributed by atoms with Crippen LogP contribution in [0.15, 0.2) is 33.0 Å². The maximum Gasteiger partial charge on any atom is 0.343 e. The molecule has 2 rings (SSSR count). The molecule has 1 aromatic heterocycles. The summed E-state index contributed by atoms with van der Waals surface area (Å²) in [7, 11) is 0. The third-order valence-electron chi connectivity index (χ3n) is 2.67. The summed E-state index contributed by atoms with van der Waals surface area (Å²) < 4.78 is 1.56. The summed E-state index contributed by atoms with van der Waals surface area (Å²) in [4.78, 5) is 12.3. The van der Waals surface area contributed by atoms with Crippen LogP contribution in [0.3, 0.4) is 0 Å². The summed E-state index contributed by atoms with van der Waals surface area (Å²) in [6.07, 6.45) is 0.798. The average molecular weight is 299 g/mol. The fourth-order valence-corrected chi connectivity index (χ4v) is 2.93. The van der Waals surface area contributed by atoms with Crippen LogP contribution in [0.25, 0.3) is 0 Å². The SMILES string of the molecule is CCn1c(Sc2ccc(CCN)cc2Cl)n[nH]c1=O. The van der Waals surface area contributed by atoms with Crippen LogP contribution in [-0.4, -0.2) is 21.3 Å². The number of rotatable bonds is 5. The second-order valence-electron chi connectivity index (χ2n) is 3.96. The number of H-pyrrole nitrogens is 1. The Morgan fingerprint density at radius 3 is 2.95 bits per heavy atom. The van der Waals surface area contributed by atoms with Gasteiger partial charge in [0.1, 0.15) is 0 Å². The number of halogens is 1. The molecule has 0 aliphatic heterocycles. The Hall–Kier alpha value is -1.24. The molecule has 2 aromatic rings. The third-order valence-corrected chi connectivity index (χ3v) is 4.16. The lowest BCUT2D eigenvalue weighted by molar-refractivity contribution is 0.660. The van der Waals surface area contributed by atoms with E-state index in [4.69, 9.17) is 17.3 Å². The van der Waals surface area contributed by atoms with Crippen molar-refractivity contribution in [1.29, 1.82) is 0 Å². The molecule has 0 fully saturated rings.